The second-order valence-corrected chi connectivity index (χ2v) is 10.9. The van der Waals surface area contributed by atoms with Crippen LogP contribution in [0.4, 0.5) is 4.79 Å². The molecular formula is C26H36N4O6. The lowest BCUT2D eigenvalue weighted by atomic mass is 9.78. The van der Waals surface area contributed by atoms with Crippen LogP contribution in [0.3, 0.4) is 0 Å². The molecule has 1 unspecified atom stereocenters. The first-order chi connectivity index (χ1) is 16.9. The van der Waals surface area contributed by atoms with Gasteiger partial charge in [0.2, 0.25) is 11.8 Å². The highest BCUT2D eigenvalue weighted by atomic mass is 16.6. The number of nitrogens with one attached hydrogen (secondary N) is 1. The lowest BCUT2D eigenvalue weighted by Gasteiger charge is -2.36. The molecular weight excluding hydrogens is 464 g/mol. The van der Waals surface area contributed by atoms with Gasteiger partial charge in [0.15, 0.2) is 0 Å². The molecule has 1 aliphatic heterocycles. The monoisotopic (exact) mass is 500 g/mol. The second-order valence-electron chi connectivity index (χ2n) is 10.9. The molecule has 196 valence electrons. The molecule has 2 aromatic rings. The number of nitrogens with zero attached hydrogens (tertiary/aromatic N) is 3. The number of imidazole rings is 1. The molecule has 1 aromatic carbocycles. The number of aromatic nitrogens is 2. The molecule has 1 atom stereocenters. The first-order valence-electron chi connectivity index (χ1n) is 12.5. The summed E-state index contributed by atoms with van der Waals surface area (Å²) in [6, 6.07) is 5.12. The maximum Gasteiger partial charge on any atom is 0.410 e. The maximum atomic E-state index is 13.1. The largest absolute Gasteiger partial charge is 0.444 e. The highest BCUT2D eigenvalue weighted by molar-refractivity contribution is 6.00. The molecule has 1 aliphatic carbocycles. The van der Waals surface area contributed by atoms with Crippen molar-refractivity contribution in [2.24, 2.45) is 13.0 Å². The molecule has 10 nitrogen and oxygen atoms in total. The average molecular weight is 501 g/mol. The Hall–Kier alpha value is -3.14. The number of piperidine rings is 1. The Bertz CT molecular complexity index is 1220. The smallest absolute Gasteiger partial charge is 0.410 e. The van der Waals surface area contributed by atoms with Gasteiger partial charge in [0.25, 0.3) is 0 Å². The van der Waals surface area contributed by atoms with Gasteiger partial charge in [-0.05, 0) is 64.0 Å². The molecule has 1 aromatic heterocycles. The first-order valence-corrected chi connectivity index (χ1v) is 12.5. The van der Waals surface area contributed by atoms with Crippen molar-refractivity contribution >= 4 is 28.9 Å². The van der Waals surface area contributed by atoms with Crippen LogP contribution in [0.1, 0.15) is 58.1 Å². The predicted octanol–water partition coefficient (Wildman–Crippen LogP) is 2.52. The van der Waals surface area contributed by atoms with Gasteiger partial charge in [0, 0.05) is 27.1 Å². The van der Waals surface area contributed by atoms with Crippen molar-refractivity contribution in [2.75, 3.05) is 20.2 Å². The van der Waals surface area contributed by atoms with Crippen LogP contribution < -0.4 is 11.0 Å². The summed E-state index contributed by atoms with van der Waals surface area (Å²) >= 11 is 0. The Morgan fingerprint density at radius 3 is 2.58 bits per heavy atom. The summed E-state index contributed by atoms with van der Waals surface area (Å²) in [5.74, 6) is -0.302. The number of aryl methyl sites for hydroxylation is 1. The van der Waals surface area contributed by atoms with Crippen LogP contribution in [0.5, 0.6) is 0 Å². The quantitative estimate of drug-likeness (QED) is 0.585. The molecule has 1 N–H and O–H groups in total. The average Bonchev–Trinajstić information content (AvgIpc) is 3.01. The van der Waals surface area contributed by atoms with E-state index in [1.807, 2.05) is 39.0 Å². The number of carbonyl (C=O) groups excluding carboxylic acids is 3. The number of amides is 3. The maximum absolute atomic E-state index is 13.1. The SMILES string of the molecule is CN(CCO[C@H]1C[C@H](Cc2cccc3c2n(C)c(=O)n3C2CCC(=O)NC2=O)C1)C(=O)OC(C)(C)C. The first kappa shape index (κ1) is 25.9. The number of rotatable bonds is 7. The number of para-hydroxylation sites is 1. The van der Waals surface area contributed by atoms with Crippen molar-refractivity contribution in [1.82, 2.24) is 19.4 Å². The van der Waals surface area contributed by atoms with E-state index in [4.69, 9.17) is 9.47 Å². The summed E-state index contributed by atoms with van der Waals surface area (Å²) < 4.78 is 14.4. The number of hydrogen-bond acceptors (Lipinski definition) is 6. The van der Waals surface area contributed by atoms with Gasteiger partial charge in [-0.2, -0.15) is 0 Å². The summed E-state index contributed by atoms with van der Waals surface area (Å²) in [4.78, 5) is 50.7. The third-order valence-electron chi connectivity index (χ3n) is 6.89. The number of fused-ring (bicyclic) bond motifs is 1. The van der Waals surface area contributed by atoms with E-state index < -0.39 is 17.6 Å². The van der Waals surface area contributed by atoms with Crippen molar-refractivity contribution in [3.63, 3.8) is 0 Å². The fourth-order valence-electron chi connectivity index (χ4n) is 4.99. The topological polar surface area (TPSA) is 112 Å². The lowest BCUT2D eigenvalue weighted by Crippen LogP contribution is -2.44. The molecule has 0 spiro atoms. The minimum absolute atomic E-state index is 0.151. The van der Waals surface area contributed by atoms with Crippen LogP contribution in [-0.4, -0.2) is 63.8 Å². The Labute approximate surface area is 210 Å². The summed E-state index contributed by atoms with van der Waals surface area (Å²) in [5.41, 5.74) is 1.83. The van der Waals surface area contributed by atoms with Crippen LogP contribution in [0.2, 0.25) is 0 Å². The fraction of sp³-hybridized carbons (Fsp3) is 0.615. The molecule has 3 amide bonds. The summed E-state index contributed by atoms with van der Waals surface area (Å²) in [6.45, 7) is 6.43. The summed E-state index contributed by atoms with van der Waals surface area (Å²) in [7, 11) is 3.43. The number of hydrogen-bond donors (Lipinski definition) is 1. The van der Waals surface area contributed by atoms with Crippen molar-refractivity contribution in [2.45, 2.75) is 70.6 Å². The van der Waals surface area contributed by atoms with E-state index in [0.29, 0.717) is 31.0 Å². The molecule has 2 aliphatic rings. The molecule has 0 bridgehead atoms. The number of ether oxygens (including phenoxy) is 2. The van der Waals surface area contributed by atoms with Crippen molar-refractivity contribution < 1.29 is 23.9 Å². The van der Waals surface area contributed by atoms with Crippen molar-refractivity contribution in [1.29, 1.82) is 0 Å². The zero-order valence-electron chi connectivity index (χ0n) is 21.7. The minimum Gasteiger partial charge on any atom is -0.444 e. The summed E-state index contributed by atoms with van der Waals surface area (Å²) in [6.07, 6.45) is 2.96. The number of imide groups is 1. The van der Waals surface area contributed by atoms with Gasteiger partial charge in [-0.1, -0.05) is 12.1 Å². The predicted molar refractivity (Wildman–Crippen MR) is 134 cm³/mol. The Morgan fingerprint density at radius 2 is 1.92 bits per heavy atom. The van der Waals surface area contributed by atoms with E-state index in [-0.39, 0.29) is 30.2 Å². The zero-order chi connectivity index (χ0) is 26.2. The molecule has 1 saturated heterocycles. The van der Waals surface area contributed by atoms with Gasteiger partial charge >= 0.3 is 11.8 Å². The van der Waals surface area contributed by atoms with Crippen molar-refractivity contribution in [3.8, 4) is 0 Å². The van der Waals surface area contributed by atoms with E-state index in [1.165, 1.54) is 9.47 Å². The number of benzene rings is 1. The van der Waals surface area contributed by atoms with Crippen LogP contribution in [0.25, 0.3) is 11.0 Å². The van der Waals surface area contributed by atoms with Crippen LogP contribution in [0.15, 0.2) is 23.0 Å². The number of carbonyl (C=O) groups is 3. The van der Waals surface area contributed by atoms with Gasteiger partial charge < -0.3 is 14.4 Å². The Balaban J connectivity index is 1.35. The van der Waals surface area contributed by atoms with Gasteiger partial charge in [0.05, 0.1) is 23.7 Å². The number of likely N-dealkylation sites (N-methyl/N-ethyl adjacent to an activating group) is 1. The lowest BCUT2D eigenvalue weighted by molar-refractivity contribution is -0.135. The molecule has 2 fully saturated rings. The highest BCUT2D eigenvalue weighted by Gasteiger charge is 2.33. The van der Waals surface area contributed by atoms with E-state index >= 15 is 0 Å². The van der Waals surface area contributed by atoms with Gasteiger partial charge in [-0.15, -0.1) is 0 Å². The minimum atomic E-state index is -0.686. The van der Waals surface area contributed by atoms with Gasteiger partial charge in [0.1, 0.15) is 11.6 Å². The standard InChI is InChI=1S/C26H36N4O6/c1-26(2,3)36-25(34)28(4)11-12-35-18-14-16(15-18)13-17-7-6-8-19-22(17)29(5)24(33)30(19)20-9-10-21(31)27-23(20)32/h6-8,16,18,20H,9-15H2,1-5H3,(H,27,31,32)/t16-,18-,20?. The van der Waals surface area contributed by atoms with Crippen LogP contribution in [-0.2, 0) is 32.5 Å². The van der Waals surface area contributed by atoms with Crippen LogP contribution >= 0.6 is 0 Å². The molecule has 36 heavy (non-hydrogen) atoms. The van der Waals surface area contributed by atoms with Gasteiger partial charge in [-0.25, -0.2) is 9.59 Å². The van der Waals surface area contributed by atoms with Crippen LogP contribution in [0, 0.1) is 5.92 Å². The van der Waals surface area contributed by atoms with Crippen molar-refractivity contribution in [3.05, 3.63) is 34.2 Å². The second kappa shape index (κ2) is 10.1. The third-order valence-corrected chi connectivity index (χ3v) is 6.89. The normalized spacial score (nSPS) is 22.3. The molecule has 10 heteroatoms. The van der Waals surface area contributed by atoms with Gasteiger partial charge in [-0.3, -0.25) is 24.0 Å². The van der Waals surface area contributed by atoms with E-state index in [9.17, 15) is 19.2 Å². The molecule has 4 rings (SSSR count). The Morgan fingerprint density at radius 1 is 1.19 bits per heavy atom. The fourth-order valence-corrected chi connectivity index (χ4v) is 4.99. The molecule has 2 heterocycles. The molecule has 1 saturated carbocycles. The molecule has 0 radical (unpaired) electrons. The third kappa shape index (κ3) is 5.48. The van der Waals surface area contributed by atoms with E-state index in [1.54, 1.807) is 18.7 Å². The highest BCUT2D eigenvalue weighted by Crippen LogP contribution is 2.35. The summed E-state index contributed by atoms with van der Waals surface area (Å²) in [5, 5.41) is 2.35. The van der Waals surface area contributed by atoms with E-state index in [0.717, 1.165) is 30.3 Å². The zero-order valence-corrected chi connectivity index (χ0v) is 21.7. The Kier molecular flexibility index (Phi) is 7.26. The van der Waals surface area contributed by atoms with E-state index in [2.05, 4.69) is 5.32 Å².